The second-order valence-corrected chi connectivity index (χ2v) is 14.6. The molecule has 1 saturated heterocycles. The monoisotopic (exact) mass is 447 g/mol. The average molecular weight is 449 g/mol. The molecule has 22 heavy (non-hydrogen) atoms. The predicted octanol–water partition coefficient (Wildman–Crippen LogP) is 5.67. The lowest BCUT2D eigenvalue weighted by molar-refractivity contribution is 0.242. The maximum Gasteiger partial charge on any atom is 0.191 e. The molecule has 2 unspecified atom stereocenters. The van der Waals surface area contributed by atoms with Crippen LogP contribution in [0.3, 0.4) is 0 Å². The fourth-order valence-electron chi connectivity index (χ4n) is 2.38. The molecule has 2 atom stereocenters. The summed E-state index contributed by atoms with van der Waals surface area (Å²) in [6, 6.07) is 8.58. The van der Waals surface area contributed by atoms with Crippen LogP contribution in [0.2, 0.25) is 18.1 Å². The molecule has 5 heteroatoms. The minimum absolute atomic E-state index is 0.277. The maximum absolute atomic E-state index is 6.43. The zero-order chi connectivity index (χ0) is 16.5. The first-order valence-corrected chi connectivity index (χ1v) is 12.5. The summed E-state index contributed by atoms with van der Waals surface area (Å²) in [5, 5.41) is 0.277. The van der Waals surface area contributed by atoms with E-state index in [1.165, 1.54) is 5.69 Å². The molecule has 2 nitrogen and oxygen atoms in total. The van der Waals surface area contributed by atoms with Crippen LogP contribution in [0.5, 0.6) is 0 Å². The number of benzene rings is 1. The SMILES string of the molecule is CC(C)(C)[Si](C)(C)OCC1CN(c2ccc(Br)cc2)CC1Br. The number of nitrogens with zero attached hydrogens (tertiary/aromatic N) is 1. The van der Waals surface area contributed by atoms with Crippen LogP contribution in [-0.2, 0) is 4.43 Å². The van der Waals surface area contributed by atoms with E-state index in [0.29, 0.717) is 10.7 Å². The van der Waals surface area contributed by atoms with E-state index in [2.05, 4.69) is 94.9 Å². The number of rotatable bonds is 4. The summed E-state index contributed by atoms with van der Waals surface area (Å²) in [6.07, 6.45) is 0. The summed E-state index contributed by atoms with van der Waals surface area (Å²) < 4.78 is 7.55. The van der Waals surface area contributed by atoms with E-state index in [4.69, 9.17) is 4.43 Å². The van der Waals surface area contributed by atoms with Crippen molar-refractivity contribution in [2.24, 2.45) is 5.92 Å². The molecule has 1 aromatic carbocycles. The quantitative estimate of drug-likeness (QED) is 0.434. The van der Waals surface area contributed by atoms with Crippen LogP contribution in [0.1, 0.15) is 20.8 Å². The minimum Gasteiger partial charge on any atom is -0.416 e. The lowest BCUT2D eigenvalue weighted by Crippen LogP contribution is -2.42. The van der Waals surface area contributed by atoms with Gasteiger partial charge in [0, 0.05) is 40.6 Å². The first-order valence-electron chi connectivity index (χ1n) is 7.89. The molecule has 1 aromatic rings. The normalized spacial score (nSPS) is 23.1. The van der Waals surface area contributed by atoms with Gasteiger partial charge in [-0.05, 0) is 42.4 Å². The van der Waals surface area contributed by atoms with Crippen molar-refractivity contribution in [3.63, 3.8) is 0 Å². The third-order valence-electron chi connectivity index (χ3n) is 5.02. The Morgan fingerprint density at radius 3 is 2.32 bits per heavy atom. The van der Waals surface area contributed by atoms with Gasteiger partial charge in [-0.15, -0.1) is 0 Å². The smallest absolute Gasteiger partial charge is 0.191 e. The number of anilines is 1. The molecule has 0 radical (unpaired) electrons. The second-order valence-electron chi connectivity index (χ2n) is 7.73. The first kappa shape index (κ1) is 18.5. The average Bonchev–Trinajstić information content (AvgIpc) is 2.77. The molecule has 1 fully saturated rings. The van der Waals surface area contributed by atoms with Crippen LogP contribution in [0.4, 0.5) is 5.69 Å². The summed E-state index contributed by atoms with van der Waals surface area (Å²) >= 11 is 7.36. The fraction of sp³-hybridized carbons (Fsp3) is 0.647. The standard InChI is InChI=1S/C17H27Br2NOSi/c1-17(2,3)22(4,5)21-12-13-10-20(11-16(13)19)15-8-6-14(18)7-9-15/h6-9,13,16H,10-12H2,1-5H3. The zero-order valence-corrected chi connectivity index (χ0v) is 18.4. The van der Waals surface area contributed by atoms with Gasteiger partial charge >= 0.3 is 0 Å². The highest BCUT2D eigenvalue weighted by atomic mass is 79.9. The first-order chi connectivity index (χ1) is 10.1. The van der Waals surface area contributed by atoms with Gasteiger partial charge in [0.25, 0.3) is 0 Å². The Balaban J connectivity index is 1.96. The molecule has 0 N–H and O–H groups in total. The molecule has 0 bridgehead atoms. The minimum atomic E-state index is -1.66. The van der Waals surface area contributed by atoms with Gasteiger partial charge in [-0.2, -0.15) is 0 Å². The van der Waals surface area contributed by atoms with Crippen LogP contribution in [-0.4, -0.2) is 32.8 Å². The molecule has 2 rings (SSSR count). The van der Waals surface area contributed by atoms with E-state index < -0.39 is 8.32 Å². The van der Waals surface area contributed by atoms with Crippen molar-refractivity contribution in [3.05, 3.63) is 28.7 Å². The Morgan fingerprint density at radius 2 is 1.77 bits per heavy atom. The van der Waals surface area contributed by atoms with E-state index in [1.807, 2.05) is 0 Å². The van der Waals surface area contributed by atoms with Crippen molar-refractivity contribution in [1.29, 1.82) is 0 Å². The van der Waals surface area contributed by atoms with E-state index in [9.17, 15) is 0 Å². The lowest BCUT2D eigenvalue weighted by atomic mass is 10.1. The summed E-state index contributed by atoms with van der Waals surface area (Å²) in [7, 11) is -1.66. The molecule has 1 heterocycles. The number of halogens is 2. The van der Waals surface area contributed by atoms with Crippen molar-refractivity contribution in [3.8, 4) is 0 Å². The Hall–Kier alpha value is 0.157. The predicted molar refractivity (Wildman–Crippen MR) is 106 cm³/mol. The van der Waals surface area contributed by atoms with Gasteiger partial charge in [0.2, 0.25) is 0 Å². The summed E-state index contributed by atoms with van der Waals surface area (Å²) in [6.45, 7) is 14.5. The summed E-state index contributed by atoms with van der Waals surface area (Å²) in [5.74, 6) is 0.553. The molecule has 1 aliphatic rings. The number of hydrogen-bond donors (Lipinski definition) is 0. The van der Waals surface area contributed by atoms with Crippen LogP contribution >= 0.6 is 31.9 Å². The third kappa shape index (κ3) is 4.37. The van der Waals surface area contributed by atoms with E-state index in [0.717, 1.165) is 24.2 Å². The highest BCUT2D eigenvalue weighted by Crippen LogP contribution is 2.38. The third-order valence-corrected chi connectivity index (χ3v) is 11.1. The van der Waals surface area contributed by atoms with Crippen LogP contribution < -0.4 is 4.90 Å². The number of alkyl halides is 1. The van der Waals surface area contributed by atoms with Crippen molar-refractivity contribution >= 4 is 45.9 Å². The Morgan fingerprint density at radius 1 is 1.18 bits per heavy atom. The largest absolute Gasteiger partial charge is 0.416 e. The molecule has 0 amide bonds. The van der Waals surface area contributed by atoms with Crippen molar-refractivity contribution in [1.82, 2.24) is 0 Å². The van der Waals surface area contributed by atoms with Crippen molar-refractivity contribution in [2.45, 2.75) is 43.7 Å². The van der Waals surface area contributed by atoms with Crippen LogP contribution in [0.25, 0.3) is 0 Å². The lowest BCUT2D eigenvalue weighted by Gasteiger charge is -2.37. The number of hydrogen-bond acceptors (Lipinski definition) is 2. The van der Waals surface area contributed by atoms with Gasteiger partial charge in [0.05, 0.1) is 0 Å². The summed E-state index contributed by atoms with van der Waals surface area (Å²) in [4.78, 5) is 2.95. The molecular weight excluding hydrogens is 422 g/mol. The topological polar surface area (TPSA) is 12.5 Å². The van der Waals surface area contributed by atoms with Gasteiger partial charge in [0.15, 0.2) is 8.32 Å². The molecule has 1 aliphatic heterocycles. The van der Waals surface area contributed by atoms with E-state index >= 15 is 0 Å². The van der Waals surface area contributed by atoms with Gasteiger partial charge in [0.1, 0.15) is 0 Å². The van der Waals surface area contributed by atoms with Crippen LogP contribution in [0.15, 0.2) is 28.7 Å². The Kier molecular flexibility index (Phi) is 5.85. The van der Waals surface area contributed by atoms with Crippen LogP contribution in [0, 0.1) is 5.92 Å². The Bertz CT molecular complexity index is 498. The molecule has 0 spiro atoms. The second kappa shape index (κ2) is 6.95. The fourth-order valence-corrected chi connectivity index (χ4v) is 4.38. The highest BCUT2D eigenvalue weighted by molar-refractivity contribution is 9.10. The van der Waals surface area contributed by atoms with Gasteiger partial charge in [-0.1, -0.05) is 52.6 Å². The van der Waals surface area contributed by atoms with Gasteiger partial charge < -0.3 is 9.33 Å². The Labute approximate surface area is 153 Å². The van der Waals surface area contributed by atoms with Gasteiger partial charge in [-0.25, -0.2) is 0 Å². The van der Waals surface area contributed by atoms with E-state index in [-0.39, 0.29) is 5.04 Å². The summed E-state index contributed by atoms with van der Waals surface area (Å²) in [5.41, 5.74) is 1.29. The van der Waals surface area contributed by atoms with Crippen molar-refractivity contribution < 1.29 is 4.43 Å². The maximum atomic E-state index is 6.43. The molecule has 0 saturated carbocycles. The van der Waals surface area contributed by atoms with E-state index in [1.54, 1.807) is 0 Å². The molecule has 0 aromatic heterocycles. The zero-order valence-electron chi connectivity index (χ0n) is 14.2. The molecular formula is C17H27Br2NOSi. The van der Waals surface area contributed by atoms with Gasteiger partial charge in [-0.3, -0.25) is 0 Å². The molecule has 0 aliphatic carbocycles. The molecule has 124 valence electrons. The van der Waals surface area contributed by atoms with Crippen molar-refractivity contribution in [2.75, 3.05) is 24.6 Å². The highest BCUT2D eigenvalue weighted by Gasteiger charge is 2.39.